The van der Waals surface area contributed by atoms with E-state index < -0.39 is 5.41 Å². The van der Waals surface area contributed by atoms with Crippen molar-refractivity contribution in [2.24, 2.45) is 0 Å². The lowest BCUT2D eigenvalue weighted by Crippen LogP contribution is -2.43. The number of hydrogen-bond donors (Lipinski definition) is 1. The van der Waals surface area contributed by atoms with Gasteiger partial charge in [0.1, 0.15) is 5.75 Å². The topological polar surface area (TPSA) is 58.6 Å². The molecule has 2 aromatic carbocycles. The van der Waals surface area contributed by atoms with E-state index in [1.165, 1.54) is 5.56 Å². The standard InChI is InChI=1S/C22H24N2O3/c1-15-7-9-16(10-8-15)22(11-12-22)21(26)23-17-13-20(25)24(14-17)18-5-3-4-6-19(18)27-2/h3-10,17H,11-14H2,1-2H3,(H,23,26)/t17-/m0/s1. The fourth-order valence-electron chi connectivity index (χ4n) is 3.86. The van der Waals surface area contributed by atoms with E-state index in [0.717, 1.165) is 24.1 Å². The number of nitrogens with zero attached hydrogens (tertiary/aromatic N) is 1. The van der Waals surface area contributed by atoms with Crippen LogP contribution in [0.15, 0.2) is 48.5 Å². The van der Waals surface area contributed by atoms with Crippen LogP contribution in [0.4, 0.5) is 5.69 Å². The normalized spacial score (nSPS) is 20.4. The predicted molar refractivity (Wildman–Crippen MR) is 104 cm³/mol. The fourth-order valence-corrected chi connectivity index (χ4v) is 3.86. The Hall–Kier alpha value is -2.82. The van der Waals surface area contributed by atoms with Crippen LogP contribution in [0.3, 0.4) is 0 Å². The summed E-state index contributed by atoms with van der Waals surface area (Å²) in [6, 6.07) is 15.5. The van der Waals surface area contributed by atoms with Gasteiger partial charge in [0.2, 0.25) is 11.8 Å². The number of aryl methyl sites for hydroxylation is 1. The molecule has 2 amide bonds. The summed E-state index contributed by atoms with van der Waals surface area (Å²) < 4.78 is 5.37. The molecule has 1 saturated carbocycles. The molecule has 0 bridgehead atoms. The van der Waals surface area contributed by atoms with Crippen molar-refractivity contribution in [3.05, 3.63) is 59.7 Å². The van der Waals surface area contributed by atoms with E-state index in [-0.39, 0.29) is 17.9 Å². The quantitative estimate of drug-likeness (QED) is 0.887. The summed E-state index contributed by atoms with van der Waals surface area (Å²) in [6.45, 7) is 2.51. The number of carbonyl (C=O) groups is 2. The highest BCUT2D eigenvalue weighted by Crippen LogP contribution is 2.48. The molecule has 2 aromatic rings. The monoisotopic (exact) mass is 364 g/mol. The number of methoxy groups -OCH3 is 1. The van der Waals surface area contributed by atoms with E-state index in [1.54, 1.807) is 12.0 Å². The summed E-state index contributed by atoms with van der Waals surface area (Å²) in [5.74, 6) is 0.701. The van der Waals surface area contributed by atoms with Crippen LogP contribution in [0.5, 0.6) is 5.75 Å². The number of para-hydroxylation sites is 2. The van der Waals surface area contributed by atoms with E-state index in [0.29, 0.717) is 18.7 Å². The molecule has 27 heavy (non-hydrogen) atoms. The first kappa shape index (κ1) is 17.6. The number of carbonyl (C=O) groups excluding carboxylic acids is 2. The molecule has 1 saturated heterocycles. The van der Waals surface area contributed by atoms with Gasteiger partial charge in [-0.2, -0.15) is 0 Å². The van der Waals surface area contributed by atoms with E-state index in [1.807, 2.05) is 55.5 Å². The van der Waals surface area contributed by atoms with E-state index >= 15 is 0 Å². The van der Waals surface area contributed by atoms with Crippen molar-refractivity contribution >= 4 is 17.5 Å². The van der Waals surface area contributed by atoms with Gasteiger partial charge in [0, 0.05) is 13.0 Å². The zero-order valence-corrected chi connectivity index (χ0v) is 15.7. The first-order valence-corrected chi connectivity index (χ1v) is 9.35. The number of anilines is 1. The minimum atomic E-state index is -0.422. The molecule has 5 nitrogen and oxygen atoms in total. The fraction of sp³-hybridized carbons (Fsp3) is 0.364. The lowest BCUT2D eigenvalue weighted by atomic mass is 9.94. The molecule has 5 heteroatoms. The van der Waals surface area contributed by atoms with E-state index in [4.69, 9.17) is 4.74 Å². The molecule has 0 aromatic heterocycles. The average molecular weight is 364 g/mol. The lowest BCUT2D eigenvalue weighted by molar-refractivity contribution is -0.124. The SMILES string of the molecule is COc1ccccc1N1C[C@@H](NC(=O)C2(c3ccc(C)cc3)CC2)CC1=O. The van der Waals surface area contributed by atoms with Gasteiger partial charge < -0.3 is 15.0 Å². The Bertz CT molecular complexity index is 871. The number of nitrogens with one attached hydrogen (secondary N) is 1. The summed E-state index contributed by atoms with van der Waals surface area (Å²) in [5.41, 5.74) is 2.58. The molecule has 1 aliphatic carbocycles. The highest BCUT2D eigenvalue weighted by molar-refractivity contribution is 5.99. The highest BCUT2D eigenvalue weighted by atomic mass is 16.5. The van der Waals surface area contributed by atoms with Crippen LogP contribution in [0.1, 0.15) is 30.4 Å². The van der Waals surface area contributed by atoms with Gasteiger partial charge in [-0.15, -0.1) is 0 Å². The second kappa shape index (κ2) is 6.72. The van der Waals surface area contributed by atoms with Crippen LogP contribution in [0, 0.1) is 6.92 Å². The number of hydrogen-bond acceptors (Lipinski definition) is 3. The van der Waals surface area contributed by atoms with Crippen LogP contribution >= 0.6 is 0 Å². The molecular formula is C22H24N2O3. The second-order valence-corrected chi connectivity index (χ2v) is 7.50. The summed E-state index contributed by atoms with van der Waals surface area (Å²) in [7, 11) is 1.59. The van der Waals surface area contributed by atoms with Crippen molar-refractivity contribution in [2.45, 2.75) is 37.6 Å². The zero-order valence-electron chi connectivity index (χ0n) is 15.7. The Labute approximate surface area is 159 Å². The molecule has 0 unspecified atom stereocenters. The molecule has 4 rings (SSSR count). The van der Waals surface area contributed by atoms with Crippen LogP contribution in [0.2, 0.25) is 0 Å². The summed E-state index contributed by atoms with van der Waals surface area (Å²) in [4.78, 5) is 27.2. The average Bonchev–Trinajstić information content (AvgIpc) is 3.41. The zero-order chi connectivity index (χ0) is 19.0. The van der Waals surface area contributed by atoms with Gasteiger partial charge in [0.25, 0.3) is 0 Å². The third-order valence-electron chi connectivity index (χ3n) is 5.63. The summed E-state index contributed by atoms with van der Waals surface area (Å²) >= 11 is 0. The van der Waals surface area contributed by atoms with Crippen molar-refractivity contribution in [1.82, 2.24) is 5.32 Å². The third kappa shape index (κ3) is 3.18. The molecule has 140 valence electrons. The minimum Gasteiger partial charge on any atom is -0.495 e. The van der Waals surface area contributed by atoms with Crippen molar-refractivity contribution < 1.29 is 14.3 Å². The van der Waals surface area contributed by atoms with Crippen molar-refractivity contribution in [3.8, 4) is 5.75 Å². The number of amides is 2. The molecule has 1 heterocycles. The molecule has 1 N–H and O–H groups in total. The van der Waals surface area contributed by atoms with Gasteiger partial charge in [0.15, 0.2) is 0 Å². The first-order chi connectivity index (χ1) is 13.0. The van der Waals surface area contributed by atoms with E-state index in [2.05, 4.69) is 5.32 Å². The van der Waals surface area contributed by atoms with Crippen LogP contribution < -0.4 is 15.0 Å². The molecule has 1 aliphatic heterocycles. The first-order valence-electron chi connectivity index (χ1n) is 9.35. The van der Waals surface area contributed by atoms with Crippen molar-refractivity contribution in [1.29, 1.82) is 0 Å². The third-order valence-corrected chi connectivity index (χ3v) is 5.63. The van der Waals surface area contributed by atoms with Gasteiger partial charge >= 0.3 is 0 Å². The summed E-state index contributed by atoms with van der Waals surface area (Å²) in [6.07, 6.45) is 2.03. The highest BCUT2D eigenvalue weighted by Gasteiger charge is 2.52. The Morgan fingerprint density at radius 2 is 1.85 bits per heavy atom. The van der Waals surface area contributed by atoms with Crippen LogP contribution in [-0.4, -0.2) is 31.5 Å². The van der Waals surface area contributed by atoms with Gasteiger partial charge in [-0.3, -0.25) is 9.59 Å². The minimum absolute atomic E-state index is 0.00461. The maximum absolute atomic E-state index is 13.0. The smallest absolute Gasteiger partial charge is 0.230 e. The summed E-state index contributed by atoms with van der Waals surface area (Å²) in [5, 5.41) is 3.12. The Kier molecular flexibility index (Phi) is 4.38. The maximum atomic E-state index is 13.0. The Balaban J connectivity index is 1.47. The molecule has 0 radical (unpaired) electrons. The maximum Gasteiger partial charge on any atom is 0.230 e. The van der Waals surface area contributed by atoms with Gasteiger partial charge in [-0.1, -0.05) is 42.0 Å². The largest absolute Gasteiger partial charge is 0.495 e. The van der Waals surface area contributed by atoms with Crippen LogP contribution in [-0.2, 0) is 15.0 Å². The molecule has 0 spiro atoms. The Morgan fingerprint density at radius 1 is 1.15 bits per heavy atom. The van der Waals surface area contributed by atoms with Gasteiger partial charge in [0.05, 0.1) is 24.3 Å². The van der Waals surface area contributed by atoms with E-state index in [9.17, 15) is 9.59 Å². The number of benzene rings is 2. The lowest BCUT2D eigenvalue weighted by Gasteiger charge is -2.21. The van der Waals surface area contributed by atoms with Crippen LogP contribution in [0.25, 0.3) is 0 Å². The van der Waals surface area contributed by atoms with Crippen molar-refractivity contribution in [3.63, 3.8) is 0 Å². The van der Waals surface area contributed by atoms with Crippen molar-refractivity contribution in [2.75, 3.05) is 18.6 Å². The molecule has 1 atom stereocenters. The predicted octanol–water partition coefficient (Wildman–Crippen LogP) is 2.96. The van der Waals surface area contributed by atoms with Gasteiger partial charge in [-0.25, -0.2) is 0 Å². The molecule has 2 fully saturated rings. The second-order valence-electron chi connectivity index (χ2n) is 7.50. The van der Waals surface area contributed by atoms with Gasteiger partial charge in [-0.05, 0) is 37.5 Å². The molecule has 2 aliphatic rings. The number of ether oxygens (including phenoxy) is 1. The number of rotatable bonds is 5. The molecular weight excluding hydrogens is 340 g/mol. The Morgan fingerprint density at radius 3 is 2.52 bits per heavy atom.